The first kappa shape index (κ1) is 23.9. The first-order chi connectivity index (χ1) is 15.0. The summed E-state index contributed by atoms with van der Waals surface area (Å²) in [6.45, 7) is 2.90. The van der Waals surface area contributed by atoms with Crippen molar-refractivity contribution in [3.05, 3.63) is 17.2 Å². The van der Waals surface area contributed by atoms with E-state index in [9.17, 15) is 33.3 Å². The lowest BCUT2D eigenvalue weighted by Crippen LogP contribution is -2.94. The number of rotatable bonds is 3. The van der Waals surface area contributed by atoms with Crippen molar-refractivity contribution in [2.75, 3.05) is 13.3 Å². The maximum absolute atomic E-state index is 12.5. The Morgan fingerprint density at radius 3 is 2.56 bits per heavy atom. The Labute approximate surface area is 179 Å². The minimum absolute atomic E-state index is 0.00422. The van der Waals surface area contributed by atoms with E-state index in [-0.39, 0.29) is 35.8 Å². The van der Waals surface area contributed by atoms with Gasteiger partial charge in [0, 0.05) is 12.3 Å². The average Bonchev–Trinajstić information content (AvgIpc) is 3.19. The zero-order valence-electron chi connectivity index (χ0n) is 16.9. The fraction of sp³-hybridized carbons (Fsp3) is 0.579. The van der Waals surface area contributed by atoms with Crippen LogP contribution in [-0.2, 0) is 4.79 Å². The van der Waals surface area contributed by atoms with Crippen molar-refractivity contribution < 1.29 is 58.0 Å². The molecular formula is C19H23F3N2O8. The number of fused-ring (bicyclic) bond motifs is 4. The molecular weight excluding hydrogens is 441 g/mol. The van der Waals surface area contributed by atoms with Gasteiger partial charge in [-0.25, -0.2) is 0 Å². The highest BCUT2D eigenvalue weighted by molar-refractivity contribution is 6.01. The third kappa shape index (κ3) is 4.40. The number of amides is 1. The smallest absolute Gasteiger partial charge is 0.430 e. The molecule has 6 N–H and O–H groups in total. The molecule has 0 saturated heterocycles. The number of hydrogen-bond donors (Lipinski definition) is 5. The molecule has 4 rings (SSSR count). The van der Waals surface area contributed by atoms with Gasteiger partial charge in [0.05, 0.1) is 18.2 Å². The number of phenolic OH excluding ortho intramolecular Hbond substituents is 1. The molecule has 13 heteroatoms. The largest absolute Gasteiger partial charge is 0.542 e. The van der Waals surface area contributed by atoms with Gasteiger partial charge in [0.15, 0.2) is 11.5 Å². The van der Waals surface area contributed by atoms with Crippen LogP contribution < -0.4 is 25.2 Å². The van der Waals surface area contributed by atoms with Crippen molar-refractivity contribution in [3.8, 4) is 17.2 Å². The van der Waals surface area contributed by atoms with Gasteiger partial charge in [0.1, 0.15) is 24.2 Å². The normalized spacial score (nSPS) is 28.1. The third-order valence-electron chi connectivity index (χ3n) is 5.70. The SMILES string of the molecule is CCC[NH2+][C@@H]1C[C@H]2c3cc4c(c(O)c3C(=O)N[C@H]2[C@H](O)[C@@H]1O)OCO4.O=C([O-])C(F)(F)F. The van der Waals surface area contributed by atoms with Crippen molar-refractivity contribution in [2.45, 2.75) is 56.2 Å². The van der Waals surface area contributed by atoms with Gasteiger partial charge in [0.25, 0.3) is 5.91 Å². The fourth-order valence-corrected chi connectivity index (χ4v) is 4.20. The Hall–Kier alpha value is -2.77. The molecule has 32 heavy (non-hydrogen) atoms. The van der Waals surface area contributed by atoms with E-state index in [2.05, 4.69) is 12.2 Å². The summed E-state index contributed by atoms with van der Waals surface area (Å²) in [6.07, 6.45) is -5.64. The second-order valence-electron chi connectivity index (χ2n) is 7.72. The summed E-state index contributed by atoms with van der Waals surface area (Å²) in [6, 6.07) is 0.947. The van der Waals surface area contributed by atoms with Crippen molar-refractivity contribution in [1.82, 2.24) is 5.32 Å². The quantitative estimate of drug-likeness (QED) is 0.346. The topological polar surface area (TPSA) is 165 Å². The number of carboxylic acid groups (broad SMARTS) is 1. The highest BCUT2D eigenvalue weighted by Gasteiger charge is 2.50. The van der Waals surface area contributed by atoms with Crippen molar-refractivity contribution in [3.63, 3.8) is 0 Å². The number of carboxylic acids is 1. The number of aromatic hydroxyl groups is 1. The van der Waals surface area contributed by atoms with Crippen molar-refractivity contribution in [2.24, 2.45) is 0 Å². The molecule has 1 amide bonds. The number of ether oxygens (including phenoxy) is 2. The predicted molar refractivity (Wildman–Crippen MR) is 96.8 cm³/mol. The molecule has 1 saturated carbocycles. The molecule has 1 aromatic carbocycles. The Bertz CT molecular complexity index is 894. The number of aliphatic hydroxyl groups excluding tert-OH is 2. The average molecular weight is 464 g/mol. The molecule has 1 aliphatic carbocycles. The number of aliphatic carboxylic acids is 1. The summed E-state index contributed by atoms with van der Waals surface area (Å²) in [5.74, 6) is -3.35. The number of carbonyl (C=O) groups is 2. The second kappa shape index (κ2) is 9.00. The molecule has 2 heterocycles. The van der Waals surface area contributed by atoms with Crippen LogP contribution in [0.15, 0.2) is 6.07 Å². The second-order valence-corrected chi connectivity index (χ2v) is 7.72. The van der Waals surface area contributed by atoms with Gasteiger partial charge in [0.2, 0.25) is 12.5 Å². The van der Waals surface area contributed by atoms with E-state index in [1.807, 2.05) is 5.32 Å². The van der Waals surface area contributed by atoms with Gasteiger partial charge in [-0.15, -0.1) is 0 Å². The van der Waals surface area contributed by atoms with Crippen LogP contribution in [0.4, 0.5) is 13.2 Å². The van der Waals surface area contributed by atoms with E-state index >= 15 is 0 Å². The Morgan fingerprint density at radius 1 is 1.31 bits per heavy atom. The Morgan fingerprint density at radius 2 is 1.97 bits per heavy atom. The molecule has 2 aliphatic heterocycles. The predicted octanol–water partition coefficient (Wildman–Crippen LogP) is -1.92. The fourth-order valence-electron chi connectivity index (χ4n) is 4.20. The molecule has 0 unspecified atom stereocenters. The number of quaternary nitrogens is 1. The zero-order valence-corrected chi connectivity index (χ0v) is 16.9. The lowest BCUT2D eigenvalue weighted by Gasteiger charge is -2.44. The number of halogens is 3. The molecule has 0 aromatic heterocycles. The summed E-state index contributed by atoms with van der Waals surface area (Å²) in [5.41, 5.74) is 0.805. The number of nitrogens with one attached hydrogen (secondary N) is 1. The van der Waals surface area contributed by atoms with E-state index < -0.39 is 36.3 Å². The van der Waals surface area contributed by atoms with Gasteiger partial charge >= 0.3 is 6.18 Å². The summed E-state index contributed by atoms with van der Waals surface area (Å²) in [7, 11) is 0. The molecule has 0 bridgehead atoms. The minimum atomic E-state index is -5.19. The third-order valence-corrected chi connectivity index (χ3v) is 5.70. The van der Waals surface area contributed by atoms with Gasteiger partial charge < -0.3 is 45.3 Å². The standard InChI is InChI=1S/C17H22N2O6.C2HF3O2/c1-2-3-18-9-4-8-7-5-10-16(25-6-24-10)14(21)11(7)17(23)19-12(8)15(22)13(9)20;3-2(4,5)1(6)7/h5,8-9,12-13,15,18,20-22H,2-4,6H2,1H3,(H,19,23);(H,6,7)/t8-,9+,12+,13+,15-;/m0./s1. The van der Waals surface area contributed by atoms with Gasteiger partial charge in [-0.1, -0.05) is 6.92 Å². The van der Waals surface area contributed by atoms with Crippen LogP contribution in [0.2, 0.25) is 0 Å². The lowest BCUT2D eigenvalue weighted by atomic mass is 9.71. The highest BCUT2D eigenvalue weighted by Crippen LogP contribution is 2.49. The first-order valence-electron chi connectivity index (χ1n) is 9.91. The van der Waals surface area contributed by atoms with Gasteiger partial charge in [-0.05, 0) is 18.1 Å². The summed E-state index contributed by atoms with van der Waals surface area (Å²) < 4.78 is 42.2. The maximum Gasteiger partial charge on any atom is 0.430 e. The zero-order chi connectivity index (χ0) is 23.8. The van der Waals surface area contributed by atoms with Gasteiger partial charge in [-0.3, -0.25) is 4.79 Å². The molecule has 5 atom stereocenters. The molecule has 1 fully saturated rings. The molecule has 0 spiro atoms. The van der Waals surface area contributed by atoms with Crippen molar-refractivity contribution in [1.29, 1.82) is 0 Å². The monoisotopic (exact) mass is 464 g/mol. The van der Waals surface area contributed by atoms with Crippen LogP contribution in [0.1, 0.15) is 41.6 Å². The van der Waals surface area contributed by atoms with E-state index in [4.69, 9.17) is 19.4 Å². The van der Waals surface area contributed by atoms with E-state index in [0.717, 1.165) is 13.0 Å². The van der Waals surface area contributed by atoms with E-state index in [1.165, 1.54) is 0 Å². The van der Waals surface area contributed by atoms with E-state index in [0.29, 0.717) is 17.7 Å². The first-order valence-corrected chi connectivity index (χ1v) is 9.91. The highest BCUT2D eigenvalue weighted by atomic mass is 19.4. The van der Waals surface area contributed by atoms with Crippen molar-refractivity contribution >= 4 is 11.9 Å². The van der Waals surface area contributed by atoms with Crippen LogP contribution in [0.3, 0.4) is 0 Å². The minimum Gasteiger partial charge on any atom is -0.542 e. The molecule has 0 radical (unpaired) electrons. The maximum atomic E-state index is 12.5. The number of benzene rings is 1. The number of aliphatic hydroxyl groups is 2. The van der Waals surface area contributed by atoms with Gasteiger partial charge in [-0.2, -0.15) is 13.2 Å². The Balaban J connectivity index is 0.000000360. The Kier molecular flexibility index (Phi) is 6.72. The number of alkyl halides is 3. The number of hydrogen-bond acceptors (Lipinski definition) is 8. The number of carbonyl (C=O) groups excluding carboxylic acids is 2. The van der Waals surface area contributed by atoms with Crippen LogP contribution >= 0.6 is 0 Å². The van der Waals surface area contributed by atoms with E-state index in [1.54, 1.807) is 6.07 Å². The summed E-state index contributed by atoms with van der Waals surface area (Å²) in [4.78, 5) is 21.3. The molecule has 3 aliphatic rings. The molecule has 10 nitrogen and oxygen atoms in total. The number of phenols is 1. The van der Waals surface area contributed by atoms with Crippen LogP contribution in [0.25, 0.3) is 0 Å². The summed E-state index contributed by atoms with van der Waals surface area (Å²) in [5, 5.41) is 45.0. The van der Waals surface area contributed by atoms with Crippen LogP contribution in [0.5, 0.6) is 17.2 Å². The van der Waals surface area contributed by atoms with Crippen LogP contribution in [0, 0.1) is 0 Å². The lowest BCUT2D eigenvalue weighted by molar-refractivity contribution is -0.700. The molecule has 1 aromatic rings. The summed E-state index contributed by atoms with van der Waals surface area (Å²) >= 11 is 0. The number of nitrogens with two attached hydrogens (primary N) is 1. The van der Waals surface area contributed by atoms with Crippen LogP contribution in [-0.4, -0.2) is 71.0 Å². The molecule has 178 valence electrons.